The average Bonchev–Trinajstić information content (AvgIpc) is 3.20. The van der Waals surface area contributed by atoms with Crippen LogP contribution < -0.4 is 10.1 Å². The zero-order valence-electron chi connectivity index (χ0n) is 16.7. The average molecular weight is 422 g/mol. The minimum absolute atomic E-state index is 0.126. The van der Waals surface area contributed by atoms with E-state index in [2.05, 4.69) is 27.6 Å². The first-order chi connectivity index (χ1) is 14.7. The number of aromatic nitrogens is 3. The van der Waals surface area contributed by atoms with E-state index in [-0.39, 0.29) is 11.7 Å². The van der Waals surface area contributed by atoms with Crippen LogP contribution in [-0.2, 0) is 17.8 Å². The molecule has 0 saturated carbocycles. The molecule has 1 heterocycles. The van der Waals surface area contributed by atoms with E-state index in [9.17, 15) is 4.79 Å². The molecule has 1 aromatic heterocycles. The fraction of sp³-hybridized carbons (Fsp3) is 0.273. The second-order valence-electron chi connectivity index (χ2n) is 6.47. The minimum atomic E-state index is -0.126. The summed E-state index contributed by atoms with van der Waals surface area (Å²) in [4.78, 5) is 12.0. The fourth-order valence-corrected chi connectivity index (χ4v) is 3.67. The molecule has 8 heteroatoms. The first-order valence-electron chi connectivity index (χ1n) is 9.59. The third-order valence-corrected chi connectivity index (χ3v) is 5.39. The van der Waals surface area contributed by atoms with E-state index in [4.69, 9.17) is 10.00 Å². The molecular formula is C22H23N5O2S. The molecule has 7 nitrogen and oxygen atoms in total. The summed E-state index contributed by atoms with van der Waals surface area (Å²) >= 11 is 1.34. The van der Waals surface area contributed by atoms with Gasteiger partial charge in [-0.25, -0.2) is 0 Å². The van der Waals surface area contributed by atoms with Gasteiger partial charge < -0.3 is 14.6 Å². The lowest BCUT2D eigenvalue weighted by Gasteiger charge is -2.11. The number of ether oxygens (including phenoxy) is 1. The third kappa shape index (κ3) is 5.84. The molecule has 0 fully saturated rings. The van der Waals surface area contributed by atoms with Crippen LogP contribution in [0.25, 0.3) is 11.4 Å². The molecule has 1 amide bonds. The smallest absolute Gasteiger partial charge is 0.230 e. The van der Waals surface area contributed by atoms with Crippen LogP contribution in [0.2, 0.25) is 0 Å². The van der Waals surface area contributed by atoms with E-state index in [0.29, 0.717) is 24.7 Å². The molecule has 30 heavy (non-hydrogen) atoms. The molecular weight excluding hydrogens is 398 g/mol. The highest BCUT2D eigenvalue weighted by atomic mass is 32.2. The second kappa shape index (κ2) is 11.0. The molecule has 0 unspecified atom stereocenters. The maximum atomic E-state index is 12.0. The first kappa shape index (κ1) is 21.4. The van der Waals surface area contributed by atoms with Crippen molar-refractivity contribution < 1.29 is 9.53 Å². The number of nitrogens with zero attached hydrogens (tertiary/aromatic N) is 4. The molecule has 0 radical (unpaired) electrons. The number of thioether (sulfide) groups is 1. The fourth-order valence-electron chi connectivity index (χ4n) is 2.88. The molecule has 0 aliphatic heterocycles. The molecule has 3 aromatic rings. The number of carbonyl (C=O) groups excluding carboxylic acids is 1. The van der Waals surface area contributed by atoms with Crippen LogP contribution in [0.1, 0.15) is 12.0 Å². The maximum Gasteiger partial charge on any atom is 0.230 e. The lowest BCUT2D eigenvalue weighted by molar-refractivity contribution is -0.118. The van der Waals surface area contributed by atoms with Crippen molar-refractivity contribution in [3.63, 3.8) is 0 Å². The molecule has 3 rings (SSSR count). The second-order valence-corrected chi connectivity index (χ2v) is 7.41. The molecule has 0 aliphatic carbocycles. The Kier molecular flexibility index (Phi) is 7.86. The molecule has 1 N–H and O–H groups in total. The van der Waals surface area contributed by atoms with E-state index < -0.39 is 0 Å². The summed E-state index contributed by atoms with van der Waals surface area (Å²) in [5.74, 6) is 1.62. The Balaban J connectivity index is 1.77. The van der Waals surface area contributed by atoms with Gasteiger partial charge in [-0.2, -0.15) is 5.26 Å². The molecule has 0 atom stereocenters. The third-order valence-electron chi connectivity index (χ3n) is 4.42. The van der Waals surface area contributed by atoms with Gasteiger partial charge in [-0.1, -0.05) is 42.1 Å². The Bertz CT molecular complexity index is 997. The summed E-state index contributed by atoms with van der Waals surface area (Å²) in [6, 6.07) is 19.9. The topological polar surface area (TPSA) is 92.8 Å². The van der Waals surface area contributed by atoms with Crippen LogP contribution in [0.5, 0.6) is 5.75 Å². The van der Waals surface area contributed by atoms with Crippen molar-refractivity contribution >= 4 is 17.7 Å². The zero-order valence-corrected chi connectivity index (χ0v) is 17.6. The summed E-state index contributed by atoms with van der Waals surface area (Å²) in [5.41, 5.74) is 2.15. The van der Waals surface area contributed by atoms with E-state index in [1.165, 1.54) is 17.3 Å². The van der Waals surface area contributed by atoms with Crippen LogP contribution in [0.15, 0.2) is 59.8 Å². The number of hydrogen-bond donors (Lipinski definition) is 1. The minimum Gasteiger partial charge on any atom is -0.497 e. The monoisotopic (exact) mass is 421 g/mol. The van der Waals surface area contributed by atoms with Crippen molar-refractivity contribution in [1.82, 2.24) is 20.1 Å². The van der Waals surface area contributed by atoms with Gasteiger partial charge in [0.25, 0.3) is 0 Å². The number of aryl methyl sites for hydroxylation is 1. The lowest BCUT2D eigenvalue weighted by atomic mass is 10.1. The van der Waals surface area contributed by atoms with Crippen LogP contribution in [0, 0.1) is 11.3 Å². The predicted octanol–water partition coefficient (Wildman–Crippen LogP) is 3.32. The normalized spacial score (nSPS) is 10.4. The Hall–Kier alpha value is -3.31. The van der Waals surface area contributed by atoms with Gasteiger partial charge in [0.1, 0.15) is 5.75 Å². The zero-order chi connectivity index (χ0) is 21.2. The highest BCUT2D eigenvalue weighted by molar-refractivity contribution is 7.99. The highest BCUT2D eigenvalue weighted by Gasteiger charge is 2.16. The number of methoxy groups -OCH3 is 1. The maximum absolute atomic E-state index is 12.0. The number of hydrogen-bond acceptors (Lipinski definition) is 6. The summed E-state index contributed by atoms with van der Waals surface area (Å²) in [5, 5.41) is 20.7. The number of carbonyl (C=O) groups is 1. The van der Waals surface area contributed by atoms with Crippen molar-refractivity contribution in [1.29, 1.82) is 5.26 Å². The molecule has 0 spiro atoms. The van der Waals surface area contributed by atoms with Gasteiger partial charge in [-0.3, -0.25) is 4.79 Å². The van der Waals surface area contributed by atoms with Gasteiger partial charge in [-0.05, 0) is 36.2 Å². The van der Waals surface area contributed by atoms with Crippen LogP contribution in [-0.4, -0.2) is 40.1 Å². The van der Waals surface area contributed by atoms with Gasteiger partial charge in [0.2, 0.25) is 5.91 Å². The summed E-state index contributed by atoms with van der Waals surface area (Å²) in [6.07, 6.45) is 1.12. The van der Waals surface area contributed by atoms with E-state index >= 15 is 0 Å². The number of nitriles is 1. The molecule has 0 saturated heterocycles. The van der Waals surface area contributed by atoms with Crippen LogP contribution in [0.3, 0.4) is 0 Å². The lowest BCUT2D eigenvalue weighted by Crippen LogP contribution is -2.26. The molecule has 0 bridgehead atoms. The van der Waals surface area contributed by atoms with Crippen LogP contribution >= 0.6 is 11.8 Å². The van der Waals surface area contributed by atoms with Crippen molar-refractivity contribution in [2.75, 3.05) is 19.4 Å². The quantitative estimate of drug-likeness (QED) is 0.399. The SMILES string of the molecule is COc1ccc(-c2nnc(SCC(=O)NCCC#N)n2CCc2ccccc2)cc1. The van der Waals surface area contributed by atoms with Gasteiger partial charge in [0, 0.05) is 18.7 Å². The van der Waals surface area contributed by atoms with Crippen molar-refractivity contribution in [2.24, 2.45) is 0 Å². The van der Waals surface area contributed by atoms with Gasteiger partial charge in [-0.15, -0.1) is 10.2 Å². The number of benzene rings is 2. The Morgan fingerprint density at radius 1 is 1.17 bits per heavy atom. The van der Waals surface area contributed by atoms with Crippen LogP contribution in [0.4, 0.5) is 0 Å². The number of rotatable bonds is 10. The Morgan fingerprint density at radius 2 is 1.93 bits per heavy atom. The van der Waals surface area contributed by atoms with Gasteiger partial charge in [0.05, 0.1) is 25.4 Å². The van der Waals surface area contributed by atoms with E-state index in [1.807, 2.05) is 53.1 Å². The Labute approximate surface area is 180 Å². The first-order valence-corrected chi connectivity index (χ1v) is 10.6. The molecule has 2 aromatic carbocycles. The standard InChI is InChI=1S/C22H23N5O2S/c1-29-19-10-8-18(9-11-19)21-25-26-22(30-16-20(28)24-14-5-13-23)27(21)15-12-17-6-3-2-4-7-17/h2-4,6-11H,5,12,14-16H2,1H3,(H,24,28). The van der Waals surface area contributed by atoms with E-state index in [1.54, 1.807) is 7.11 Å². The summed E-state index contributed by atoms with van der Waals surface area (Å²) in [7, 11) is 1.63. The van der Waals surface area contributed by atoms with Crippen molar-refractivity contribution in [2.45, 2.75) is 24.5 Å². The number of nitrogens with one attached hydrogen (secondary N) is 1. The number of amides is 1. The van der Waals surface area contributed by atoms with Crippen molar-refractivity contribution in [3.05, 3.63) is 60.2 Å². The van der Waals surface area contributed by atoms with Gasteiger partial charge >= 0.3 is 0 Å². The predicted molar refractivity (Wildman–Crippen MR) is 116 cm³/mol. The van der Waals surface area contributed by atoms with E-state index in [0.717, 1.165) is 23.6 Å². The summed E-state index contributed by atoms with van der Waals surface area (Å²) in [6.45, 7) is 1.05. The molecule has 0 aliphatic rings. The highest BCUT2D eigenvalue weighted by Crippen LogP contribution is 2.26. The molecule has 154 valence electrons. The van der Waals surface area contributed by atoms with Crippen molar-refractivity contribution in [3.8, 4) is 23.2 Å². The summed E-state index contributed by atoms with van der Waals surface area (Å²) < 4.78 is 7.28. The van der Waals surface area contributed by atoms with Gasteiger partial charge in [0.15, 0.2) is 11.0 Å². The Morgan fingerprint density at radius 3 is 2.63 bits per heavy atom. The largest absolute Gasteiger partial charge is 0.497 e.